The number of hydrogen-bond donors (Lipinski definition) is 2. The van der Waals surface area contributed by atoms with Gasteiger partial charge in [-0.3, -0.25) is 9.59 Å². The van der Waals surface area contributed by atoms with E-state index >= 15 is 0 Å². The van der Waals surface area contributed by atoms with Crippen molar-refractivity contribution in [2.24, 2.45) is 5.73 Å². The van der Waals surface area contributed by atoms with Gasteiger partial charge in [0.15, 0.2) is 0 Å². The zero-order valence-electron chi connectivity index (χ0n) is 17.0. The van der Waals surface area contributed by atoms with Gasteiger partial charge < -0.3 is 11.1 Å². The number of primary amides is 1. The lowest BCUT2D eigenvalue weighted by atomic mass is 9.70. The molecule has 7 nitrogen and oxygen atoms in total. The Labute approximate surface area is 168 Å². The molecule has 1 fully saturated rings. The fraction of sp³-hybridized carbons (Fsp3) is 0.364. The molecule has 0 spiro atoms. The molecule has 0 aliphatic heterocycles. The molecule has 2 heterocycles. The summed E-state index contributed by atoms with van der Waals surface area (Å²) in [6.45, 7) is 5.80. The molecule has 0 atom stereocenters. The van der Waals surface area contributed by atoms with Gasteiger partial charge in [-0.2, -0.15) is 5.10 Å². The summed E-state index contributed by atoms with van der Waals surface area (Å²) in [7, 11) is 0. The zero-order valence-corrected chi connectivity index (χ0v) is 17.0. The maximum Gasteiger partial charge on any atom is 0.293 e. The quantitative estimate of drug-likeness (QED) is 0.696. The molecular weight excluding hydrogens is 366 g/mol. The number of carbonyl (C=O) groups is 1. The predicted molar refractivity (Wildman–Crippen MR) is 113 cm³/mol. The van der Waals surface area contributed by atoms with E-state index in [1.807, 2.05) is 12.1 Å². The Bertz CT molecular complexity index is 1180. The van der Waals surface area contributed by atoms with Crippen molar-refractivity contribution in [1.29, 1.82) is 0 Å². The van der Waals surface area contributed by atoms with Crippen LogP contribution in [-0.2, 0) is 16.9 Å². The highest BCUT2D eigenvalue weighted by molar-refractivity contribution is 5.82. The van der Waals surface area contributed by atoms with E-state index in [-0.39, 0.29) is 12.1 Å². The third-order valence-electron chi connectivity index (χ3n) is 5.99. The van der Waals surface area contributed by atoms with E-state index in [4.69, 9.17) is 5.73 Å². The Balaban J connectivity index is 1.78. The minimum atomic E-state index is -0.615. The minimum absolute atomic E-state index is 0.175. The summed E-state index contributed by atoms with van der Waals surface area (Å²) in [5, 5.41) is 8.46. The first-order valence-electron chi connectivity index (χ1n) is 9.82. The number of nitrogens with one attached hydrogen (secondary N) is 1. The number of rotatable bonds is 5. The smallest absolute Gasteiger partial charge is 0.293 e. The summed E-state index contributed by atoms with van der Waals surface area (Å²) in [6, 6.07) is 10.1. The molecule has 29 heavy (non-hydrogen) atoms. The normalized spacial score (nSPS) is 15.1. The summed E-state index contributed by atoms with van der Waals surface area (Å²) in [5.41, 5.74) is 9.40. The number of benzene rings is 1. The molecule has 1 aliphatic rings. The number of aryl methyl sites for hydroxylation is 2. The molecular formula is C22H25N5O2. The van der Waals surface area contributed by atoms with Gasteiger partial charge in [-0.15, -0.1) is 0 Å². The molecule has 1 amide bonds. The Morgan fingerprint density at radius 1 is 1.21 bits per heavy atom. The van der Waals surface area contributed by atoms with Gasteiger partial charge in [0.1, 0.15) is 17.9 Å². The lowest BCUT2D eigenvalue weighted by molar-refractivity contribution is -0.118. The van der Waals surface area contributed by atoms with Crippen molar-refractivity contribution in [3.63, 3.8) is 0 Å². The van der Waals surface area contributed by atoms with E-state index in [1.165, 1.54) is 16.7 Å². The summed E-state index contributed by atoms with van der Waals surface area (Å²) in [4.78, 5) is 28.7. The predicted octanol–water partition coefficient (Wildman–Crippen LogP) is 2.69. The number of carbonyl (C=O) groups excluding carboxylic acids is 1. The van der Waals surface area contributed by atoms with Crippen LogP contribution in [-0.4, -0.2) is 20.7 Å². The fourth-order valence-corrected chi connectivity index (χ4v) is 4.15. The van der Waals surface area contributed by atoms with Gasteiger partial charge in [0.25, 0.3) is 5.56 Å². The lowest BCUT2D eigenvalue weighted by Gasteiger charge is -2.44. The first kappa shape index (κ1) is 19.1. The molecule has 4 rings (SSSR count). The van der Waals surface area contributed by atoms with Crippen LogP contribution in [0.15, 0.2) is 35.1 Å². The average molecular weight is 391 g/mol. The maximum atomic E-state index is 12.8. The second-order valence-electron chi connectivity index (χ2n) is 7.92. The first-order valence-corrected chi connectivity index (χ1v) is 9.82. The molecule has 0 saturated heterocycles. The molecule has 2 aromatic heterocycles. The SMILES string of the molecule is Cc1cccc(C2(Nc3ccc4c(C)nn(CC(N)=O)c(=O)c4n3)CCC2)c1C. The fourth-order valence-electron chi connectivity index (χ4n) is 4.15. The van der Waals surface area contributed by atoms with Crippen molar-refractivity contribution >= 4 is 22.6 Å². The number of anilines is 1. The number of amides is 1. The summed E-state index contributed by atoms with van der Waals surface area (Å²) in [5.74, 6) is 0.0300. The number of nitrogens with zero attached hydrogens (tertiary/aromatic N) is 3. The highest BCUT2D eigenvalue weighted by atomic mass is 16.2. The van der Waals surface area contributed by atoms with Gasteiger partial charge in [0.2, 0.25) is 5.91 Å². The van der Waals surface area contributed by atoms with Gasteiger partial charge in [0, 0.05) is 5.39 Å². The van der Waals surface area contributed by atoms with Crippen LogP contribution in [0.3, 0.4) is 0 Å². The minimum Gasteiger partial charge on any atom is -0.368 e. The monoisotopic (exact) mass is 391 g/mol. The molecule has 1 aliphatic carbocycles. The Morgan fingerprint density at radius 2 is 1.97 bits per heavy atom. The Hall–Kier alpha value is -3.22. The van der Waals surface area contributed by atoms with E-state index in [0.29, 0.717) is 22.4 Å². The van der Waals surface area contributed by atoms with Gasteiger partial charge in [-0.05, 0) is 68.9 Å². The zero-order chi connectivity index (χ0) is 20.8. The van der Waals surface area contributed by atoms with Crippen LogP contribution in [0.1, 0.15) is 41.6 Å². The van der Waals surface area contributed by atoms with Crippen molar-refractivity contribution < 1.29 is 4.79 Å². The Morgan fingerprint density at radius 3 is 2.62 bits per heavy atom. The molecule has 150 valence electrons. The van der Waals surface area contributed by atoms with Crippen molar-refractivity contribution in [1.82, 2.24) is 14.8 Å². The second kappa shape index (κ2) is 6.99. The van der Waals surface area contributed by atoms with Crippen LogP contribution >= 0.6 is 0 Å². The second-order valence-corrected chi connectivity index (χ2v) is 7.92. The van der Waals surface area contributed by atoms with Gasteiger partial charge >= 0.3 is 0 Å². The van der Waals surface area contributed by atoms with Gasteiger partial charge in [-0.1, -0.05) is 18.2 Å². The molecule has 1 saturated carbocycles. The van der Waals surface area contributed by atoms with E-state index < -0.39 is 11.5 Å². The molecule has 1 aromatic carbocycles. The van der Waals surface area contributed by atoms with Crippen LogP contribution in [0.5, 0.6) is 0 Å². The number of nitrogens with two attached hydrogens (primary N) is 1. The number of fused-ring (bicyclic) bond motifs is 1. The topological polar surface area (TPSA) is 103 Å². The third-order valence-corrected chi connectivity index (χ3v) is 5.99. The standard InChI is InChI=1S/C22H25N5O2/c1-13-6-4-7-17(14(13)2)22(10-5-11-22)25-19-9-8-16-15(3)26-27(12-18(23)28)21(29)20(16)24-19/h4,6-9H,5,10-12H2,1-3H3,(H2,23,28)(H,24,25). The van der Waals surface area contributed by atoms with Crippen molar-refractivity contribution in [3.8, 4) is 0 Å². The lowest BCUT2D eigenvalue weighted by Crippen LogP contribution is -2.43. The third kappa shape index (κ3) is 3.26. The molecule has 0 radical (unpaired) electrons. The van der Waals surface area contributed by atoms with Gasteiger partial charge in [0.05, 0.1) is 11.2 Å². The van der Waals surface area contributed by atoms with Crippen LogP contribution in [0, 0.1) is 20.8 Å². The van der Waals surface area contributed by atoms with Crippen LogP contribution < -0.4 is 16.6 Å². The highest BCUT2D eigenvalue weighted by Gasteiger charge is 2.40. The van der Waals surface area contributed by atoms with Crippen molar-refractivity contribution in [2.75, 3.05) is 5.32 Å². The summed E-state index contributed by atoms with van der Waals surface area (Å²) < 4.78 is 1.08. The first-order chi connectivity index (χ1) is 13.8. The maximum absolute atomic E-state index is 12.8. The Kier molecular flexibility index (Phi) is 4.61. The van der Waals surface area contributed by atoms with Gasteiger partial charge in [-0.25, -0.2) is 9.67 Å². The van der Waals surface area contributed by atoms with Crippen LogP contribution in [0.2, 0.25) is 0 Å². The number of pyridine rings is 1. The number of aromatic nitrogens is 3. The van der Waals surface area contributed by atoms with Crippen molar-refractivity contribution in [3.05, 3.63) is 63.1 Å². The summed E-state index contributed by atoms with van der Waals surface area (Å²) in [6.07, 6.45) is 3.17. The molecule has 0 unspecified atom stereocenters. The molecule has 3 N–H and O–H groups in total. The largest absolute Gasteiger partial charge is 0.368 e. The number of hydrogen-bond acceptors (Lipinski definition) is 5. The van der Waals surface area contributed by atoms with Crippen LogP contribution in [0.25, 0.3) is 10.9 Å². The average Bonchev–Trinajstić information content (AvgIpc) is 2.64. The van der Waals surface area contributed by atoms with E-state index in [1.54, 1.807) is 6.92 Å². The van der Waals surface area contributed by atoms with E-state index in [2.05, 4.69) is 47.4 Å². The molecule has 3 aromatic rings. The van der Waals surface area contributed by atoms with E-state index in [9.17, 15) is 9.59 Å². The summed E-state index contributed by atoms with van der Waals surface area (Å²) >= 11 is 0. The highest BCUT2D eigenvalue weighted by Crippen LogP contribution is 2.45. The molecule has 7 heteroatoms. The van der Waals surface area contributed by atoms with Crippen molar-refractivity contribution in [2.45, 2.75) is 52.1 Å². The van der Waals surface area contributed by atoms with E-state index in [0.717, 1.165) is 23.9 Å². The molecule has 0 bridgehead atoms. The van der Waals surface area contributed by atoms with Crippen LogP contribution in [0.4, 0.5) is 5.82 Å².